The third-order valence-corrected chi connectivity index (χ3v) is 2.82. The largest absolute Gasteiger partial charge is 0.456 e. The Labute approximate surface area is 110 Å². The molecule has 0 spiro atoms. The third kappa shape index (κ3) is 6.13. The van der Waals surface area contributed by atoms with Gasteiger partial charge in [-0.1, -0.05) is 52.2 Å². The predicted molar refractivity (Wildman–Crippen MR) is 71.9 cm³/mol. The van der Waals surface area contributed by atoms with Crippen molar-refractivity contribution in [3.63, 3.8) is 0 Å². The summed E-state index contributed by atoms with van der Waals surface area (Å²) in [5, 5.41) is 0. The molecular formula is C14H15BrO2. The number of esters is 1. The lowest BCUT2D eigenvalue weighted by atomic mass is 10.1. The van der Waals surface area contributed by atoms with Gasteiger partial charge in [-0.15, -0.1) is 0 Å². The third-order valence-electron chi connectivity index (χ3n) is 2.14. The summed E-state index contributed by atoms with van der Waals surface area (Å²) in [5.74, 6) is 4.83. The van der Waals surface area contributed by atoms with Crippen LogP contribution in [0.3, 0.4) is 0 Å². The number of alkyl halides is 1. The average molecular weight is 295 g/mol. The van der Waals surface area contributed by atoms with Crippen molar-refractivity contribution in [2.45, 2.75) is 24.6 Å². The number of halogens is 1. The highest BCUT2D eigenvalue weighted by molar-refractivity contribution is 9.09. The molecule has 0 aliphatic carbocycles. The number of aryl methyl sites for hydroxylation is 1. The molecule has 17 heavy (non-hydrogen) atoms. The number of carbonyl (C=O) groups is 1. The van der Waals surface area contributed by atoms with E-state index in [2.05, 4.69) is 39.9 Å². The van der Waals surface area contributed by atoms with E-state index in [0.717, 1.165) is 12.8 Å². The van der Waals surface area contributed by atoms with E-state index in [1.54, 1.807) is 6.92 Å². The minimum absolute atomic E-state index is 0.0205. The first-order valence-corrected chi connectivity index (χ1v) is 6.50. The summed E-state index contributed by atoms with van der Waals surface area (Å²) < 4.78 is 4.72. The molecule has 1 aromatic rings. The van der Waals surface area contributed by atoms with Crippen molar-refractivity contribution >= 4 is 21.9 Å². The molecule has 0 aliphatic heterocycles. The van der Waals surface area contributed by atoms with Gasteiger partial charge in [0.05, 0.1) is 11.4 Å². The number of benzene rings is 1. The van der Waals surface area contributed by atoms with E-state index in [-0.39, 0.29) is 4.83 Å². The van der Waals surface area contributed by atoms with Crippen LogP contribution in [-0.4, -0.2) is 17.4 Å². The van der Waals surface area contributed by atoms with Crippen molar-refractivity contribution in [1.29, 1.82) is 0 Å². The van der Waals surface area contributed by atoms with Crippen LogP contribution in [0.5, 0.6) is 0 Å². The van der Waals surface area contributed by atoms with Gasteiger partial charge in [0.15, 0.2) is 0 Å². The van der Waals surface area contributed by atoms with Gasteiger partial charge in [0.25, 0.3) is 0 Å². The molecule has 0 radical (unpaired) electrons. The van der Waals surface area contributed by atoms with Crippen LogP contribution in [-0.2, 0) is 16.0 Å². The molecule has 0 aliphatic rings. The fourth-order valence-corrected chi connectivity index (χ4v) is 1.66. The van der Waals surface area contributed by atoms with Crippen LogP contribution in [0.15, 0.2) is 30.3 Å². The Bertz CT molecular complexity index is 403. The maximum atomic E-state index is 11.0. The van der Waals surface area contributed by atoms with E-state index in [9.17, 15) is 4.79 Å². The molecule has 0 bridgehead atoms. The molecule has 1 atom stereocenters. The Morgan fingerprint density at radius 3 is 2.76 bits per heavy atom. The first-order chi connectivity index (χ1) is 8.22. The lowest BCUT2D eigenvalue weighted by Crippen LogP contribution is -2.02. The molecule has 1 aromatic carbocycles. The smallest absolute Gasteiger partial charge is 0.384 e. The second-order valence-electron chi connectivity index (χ2n) is 3.48. The first kappa shape index (κ1) is 13.8. The number of rotatable bonds is 4. The highest BCUT2D eigenvalue weighted by Gasteiger charge is 2.01. The van der Waals surface area contributed by atoms with Gasteiger partial charge < -0.3 is 4.74 Å². The number of hydrogen-bond acceptors (Lipinski definition) is 2. The standard InChI is InChI=1S/C14H15BrO2/c1-2-17-14(16)11-10-13(15)9-8-12-6-4-3-5-7-12/h3-7,13H,2,8-9H2,1H3. The average Bonchev–Trinajstić information content (AvgIpc) is 2.35. The van der Waals surface area contributed by atoms with Gasteiger partial charge in [-0.25, -0.2) is 4.79 Å². The Kier molecular flexibility index (Phi) is 6.42. The summed E-state index contributed by atoms with van der Waals surface area (Å²) in [4.78, 5) is 11.0. The van der Waals surface area contributed by atoms with Gasteiger partial charge in [0.1, 0.15) is 0 Å². The normalized spacial score (nSPS) is 11.2. The Hall–Kier alpha value is -1.27. The number of hydrogen-bond donors (Lipinski definition) is 0. The first-order valence-electron chi connectivity index (χ1n) is 5.58. The van der Waals surface area contributed by atoms with Crippen molar-refractivity contribution < 1.29 is 9.53 Å². The van der Waals surface area contributed by atoms with Gasteiger partial charge in [-0.3, -0.25) is 0 Å². The maximum Gasteiger partial charge on any atom is 0.384 e. The lowest BCUT2D eigenvalue weighted by Gasteiger charge is -2.02. The van der Waals surface area contributed by atoms with Crippen molar-refractivity contribution in [2.24, 2.45) is 0 Å². The van der Waals surface area contributed by atoms with Crippen molar-refractivity contribution in [2.75, 3.05) is 6.61 Å². The number of carbonyl (C=O) groups excluding carboxylic acids is 1. The number of ether oxygens (including phenoxy) is 1. The molecule has 2 nitrogen and oxygen atoms in total. The van der Waals surface area contributed by atoms with Gasteiger partial charge in [0, 0.05) is 5.92 Å². The minimum atomic E-state index is -0.461. The molecule has 0 aromatic heterocycles. The van der Waals surface area contributed by atoms with Crippen molar-refractivity contribution in [3.8, 4) is 11.8 Å². The van der Waals surface area contributed by atoms with Crippen molar-refractivity contribution in [1.82, 2.24) is 0 Å². The van der Waals surface area contributed by atoms with E-state index in [4.69, 9.17) is 4.74 Å². The molecule has 0 fully saturated rings. The topological polar surface area (TPSA) is 26.3 Å². The zero-order valence-electron chi connectivity index (χ0n) is 9.78. The molecule has 0 heterocycles. The summed E-state index contributed by atoms with van der Waals surface area (Å²) in [6, 6.07) is 10.2. The second-order valence-corrected chi connectivity index (χ2v) is 4.59. The van der Waals surface area contributed by atoms with E-state index in [0.29, 0.717) is 6.61 Å². The van der Waals surface area contributed by atoms with Gasteiger partial charge >= 0.3 is 5.97 Å². The zero-order valence-corrected chi connectivity index (χ0v) is 11.4. The quantitative estimate of drug-likeness (QED) is 0.369. The van der Waals surface area contributed by atoms with Crippen LogP contribution < -0.4 is 0 Å². The van der Waals surface area contributed by atoms with Crippen molar-refractivity contribution in [3.05, 3.63) is 35.9 Å². The van der Waals surface area contributed by atoms with Crippen LogP contribution >= 0.6 is 15.9 Å². The Morgan fingerprint density at radius 2 is 2.12 bits per heavy atom. The van der Waals surface area contributed by atoms with Crippen LogP contribution in [0, 0.1) is 11.8 Å². The Morgan fingerprint density at radius 1 is 1.41 bits per heavy atom. The van der Waals surface area contributed by atoms with Crippen LogP contribution in [0.1, 0.15) is 18.9 Å². The molecule has 90 valence electrons. The summed E-state index contributed by atoms with van der Waals surface area (Å²) >= 11 is 3.43. The minimum Gasteiger partial charge on any atom is -0.456 e. The second kappa shape index (κ2) is 7.92. The highest BCUT2D eigenvalue weighted by Crippen LogP contribution is 2.09. The van der Waals surface area contributed by atoms with Crippen LogP contribution in [0.2, 0.25) is 0 Å². The van der Waals surface area contributed by atoms with E-state index in [1.807, 2.05) is 18.2 Å². The van der Waals surface area contributed by atoms with Gasteiger partial charge in [-0.2, -0.15) is 0 Å². The summed E-state index contributed by atoms with van der Waals surface area (Å²) in [6.07, 6.45) is 1.81. The monoisotopic (exact) mass is 294 g/mol. The molecule has 0 saturated carbocycles. The van der Waals surface area contributed by atoms with Crippen LogP contribution in [0.25, 0.3) is 0 Å². The molecule has 3 heteroatoms. The fourth-order valence-electron chi connectivity index (χ4n) is 1.31. The van der Waals surface area contributed by atoms with E-state index in [1.165, 1.54) is 5.56 Å². The zero-order chi connectivity index (χ0) is 12.5. The molecule has 1 rings (SSSR count). The molecule has 0 saturated heterocycles. The lowest BCUT2D eigenvalue weighted by molar-refractivity contribution is -0.136. The molecule has 0 N–H and O–H groups in total. The summed E-state index contributed by atoms with van der Waals surface area (Å²) in [7, 11) is 0. The van der Waals surface area contributed by atoms with Crippen LogP contribution in [0.4, 0.5) is 0 Å². The Balaban J connectivity index is 2.35. The van der Waals surface area contributed by atoms with Gasteiger partial charge in [-0.05, 0) is 25.3 Å². The van der Waals surface area contributed by atoms with E-state index < -0.39 is 5.97 Å². The fraction of sp³-hybridized carbons (Fsp3) is 0.357. The van der Waals surface area contributed by atoms with E-state index >= 15 is 0 Å². The highest BCUT2D eigenvalue weighted by atomic mass is 79.9. The van der Waals surface area contributed by atoms with Gasteiger partial charge in [0.2, 0.25) is 0 Å². The molecular weight excluding hydrogens is 280 g/mol. The maximum absolute atomic E-state index is 11.0. The molecule has 1 unspecified atom stereocenters. The summed E-state index contributed by atoms with van der Waals surface area (Å²) in [5.41, 5.74) is 1.27. The molecule has 0 amide bonds. The predicted octanol–water partition coefficient (Wildman–Crippen LogP) is 2.95. The summed E-state index contributed by atoms with van der Waals surface area (Å²) in [6.45, 7) is 2.13. The SMILES string of the molecule is CCOC(=O)C#CC(Br)CCc1ccccc1.